The molecule has 0 atom stereocenters. The van der Waals surface area contributed by atoms with Crippen LogP contribution in [0.25, 0.3) is 45.7 Å². The Morgan fingerprint density at radius 1 is 0.872 bits per heavy atom. The summed E-state index contributed by atoms with van der Waals surface area (Å²) in [6.45, 7) is 0. The van der Waals surface area contributed by atoms with Crippen LogP contribution in [-0.2, 0) is 4.79 Å². The standard InChI is InChI=1S/C35H27N5O6S/c1-45-28-17-25(18-29(21-28)46-2)33-36-35(38-37-33)47-31(34(41)42)20-24-19-30(22-9-5-3-6-10-22)39(32(24)23-11-7-4-8-12-23)26-13-15-27(16-14-26)40(43)44/h3-21H,1-2H3,(H,41,42)(H,36,37,38)/b31-20-. The van der Waals surface area contributed by atoms with Gasteiger partial charge in [0.05, 0.1) is 30.5 Å². The number of rotatable bonds is 11. The lowest BCUT2D eigenvalue weighted by Crippen LogP contribution is -2.01. The Bertz CT molecular complexity index is 2070. The van der Waals surface area contributed by atoms with Gasteiger partial charge in [-0.25, -0.2) is 9.78 Å². The Kier molecular flexibility index (Phi) is 8.84. The zero-order chi connectivity index (χ0) is 32.9. The van der Waals surface area contributed by atoms with Crippen LogP contribution in [0.1, 0.15) is 5.56 Å². The first-order chi connectivity index (χ1) is 22.8. The van der Waals surface area contributed by atoms with Gasteiger partial charge in [0.15, 0.2) is 5.82 Å². The SMILES string of the molecule is COc1cc(OC)cc(-c2nc(S/C(=C\c3cc(-c4ccccc4)n(-c4ccc([N+](=O)[O-])cc4)c3-c3ccccc3)C(=O)O)n[nH]2)c1. The molecule has 2 N–H and O–H groups in total. The predicted molar refractivity (Wildman–Crippen MR) is 180 cm³/mol. The molecule has 234 valence electrons. The van der Waals surface area contributed by atoms with Crippen LogP contribution in [0.15, 0.2) is 119 Å². The summed E-state index contributed by atoms with van der Waals surface area (Å²) >= 11 is 0.904. The van der Waals surface area contributed by atoms with Gasteiger partial charge in [0.25, 0.3) is 5.69 Å². The van der Waals surface area contributed by atoms with E-state index in [0.29, 0.717) is 39.8 Å². The lowest BCUT2D eigenvalue weighted by Gasteiger charge is -2.15. The number of nitro groups is 1. The fraction of sp³-hybridized carbons (Fsp3) is 0.0571. The second-order valence-corrected chi connectivity index (χ2v) is 11.2. The van der Waals surface area contributed by atoms with Gasteiger partial charge in [-0.15, -0.1) is 5.10 Å². The van der Waals surface area contributed by atoms with Crippen LogP contribution in [0.3, 0.4) is 0 Å². The summed E-state index contributed by atoms with van der Waals surface area (Å²) in [7, 11) is 3.10. The molecule has 6 rings (SSSR count). The Morgan fingerprint density at radius 2 is 1.49 bits per heavy atom. The number of aromatic amines is 1. The molecule has 0 aliphatic heterocycles. The predicted octanol–water partition coefficient (Wildman–Crippen LogP) is 7.74. The average molecular weight is 646 g/mol. The van der Waals surface area contributed by atoms with Crippen molar-refractivity contribution in [1.29, 1.82) is 0 Å². The topological polar surface area (TPSA) is 145 Å². The van der Waals surface area contributed by atoms with Gasteiger partial charge in [0.2, 0.25) is 5.16 Å². The molecular formula is C35H27N5O6S. The van der Waals surface area contributed by atoms with E-state index in [9.17, 15) is 20.0 Å². The van der Waals surface area contributed by atoms with Crippen LogP contribution in [0.5, 0.6) is 11.5 Å². The Hall–Kier alpha value is -6.14. The molecular weight excluding hydrogens is 618 g/mol. The molecule has 11 nitrogen and oxygen atoms in total. The van der Waals surface area contributed by atoms with Gasteiger partial charge in [-0.1, -0.05) is 60.7 Å². The first-order valence-electron chi connectivity index (χ1n) is 14.2. The minimum absolute atomic E-state index is 0.0172. The second-order valence-electron chi connectivity index (χ2n) is 10.2. The van der Waals surface area contributed by atoms with E-state index in [1.54, 1.807) is 50.6 Å². The highest BCUT2D eigenvalue weighted by molar-refractivity contribution is 8.04. The van der Waals surface area contributed by atoms with Crippen molar-refractivity contribution >= 4 is 29.5 Å². The fourth-order valence-corrected chi connectivity index (χ4v) is 5.78. The zero-order valence-corrected chi connectivity index (χ0v) is 26.0. The lowest BCUT2D eigenvalue weighted by molar-refractivity contribution is -0.384. The first kappa shape index (κ1) is 30.9. The number of thioether (sulfide) groups is 1. The van der Waals surface area contributed by atoms with Gasteiger partial charge in [-0.2, -0.15) is 0 Å². The van der Waals surface area contributed by atoms with E-state index in [-0.39, 0.29) is 15.7 Å². The summed E-state index contributed by atoms with van der Waals surface area (Å²) < 4.78 is 12.7. The van der Waals surface area contributed by atoms with Crippen LogP contribution < -0.4 is 9.47 Å². The lowest BCUT2D eigenvalue weighted by atomic mass is 10.1. The molecule has 12 heteroatoms. The van der Waals surface area contributed by atoms with E-state index in [2.05, 4.69) is 15.2 Å². The maximum absolute atomic E-state index is 12.7. The summed E-state index contributed by atoms with van der Waals surface area (Å²) in [6.07, 6.45) is 1.59. The number of benzene rings is 4. The summed E-state index contributed by atoms with van der Waals surface area (Å²) in [5.74, 6) is 0.385. The summed E-state index contributed by atoms with van der Waals surface area (Å²) in [5.41, 5.74) is 5.08. The van der Waals surface area contributed by atoms with Crippen molar-refractivity contribution in [3.8, 4) is 51.1 Å². The number of carboxylic acids is 1. The van der Waals surface area contributed by atoms with E-state index < -0.39 is 10.9 Å². The molecule has 2 aromatic heterocycles. The molecule has 0 aliphatic rings. The maximum atomic E-state index is 12.7. The fourth-order valence-electron chi connectivity index (χ4n) is 5.08. The molecule has 47 heavy (non-hydrogen) atoms. The van der Waals surface area contributed by atoms with Crippen molar-refractivity contribution in [2.24, 2.45) is 0 Å². The molecule has 0 saturated carbocycles. The van der Waals surface area contributed by atoms with Crippen molar-refractivity contribution in [2.75, 3.05) is 14.2 Å². The molecule has 4 aromatic carbocycles. The van der Waals surface area contributed by atoms with Crippen molar-refractivity contribution in [2.45, 2.75) is 5.16 Å². The van der Waals surface area contributed by atoms with E-state index in [4.69, 9.17) is 9.47 Å². The highest BCUT2D eigenvalue weighted by Crippen LogP contribution is 2.39. The number of nitrogens with zero attached hydrogens (tertiary/aromatic N) is 4. The average Bonchev–Trinajstić information content (AvgIpc) is 3.73. The smallest absolute Gasteiger partial charge is 0.342 e. The third-order valence-corrected chi connectivity index (χ3v) is 8.13. The number of aromatic nitrogens is 4. The van der Waals surface area contributed by atoms with Gasteiger partial charge in [-0.3, -0.25) is 15.2 Å². The molecule has 0 spiro atoms. The minimum Gasteiger partial charge on any atom is -0.497 e. The number of carbonyl (C=O) groups is 1. The van der Waals surface area contributed by atoms with Crippen molar-refractivity contribution < 1.29 is 24.3 Å². The summed E-state index contributed by atoms with van der Waals surface area (Å²) in [6, 6.07) is 32.6. The van der Waals surface area contributed by atoms with E-state index in [0.717, 1.165) is 28.6 Å². The summed E-state index contributed by atoms with van der Waals surface area (Å²) in [4.78, 5) is 28.2. The molecule has 2 heterocycles. The third-order valence-electron chi connectivity index (χ3n) is 7.25. The van der Waals surface area contributed by atoms with Gasteiger partial charge in [-0.05, 0) is 59.3 Å². The molecule has 0 saturated heterocycles. The zero-order valence-electron chi connectivity index (χ0n) is 25.2. The molecule has 6 aromatic rings. The normalized spacial score (nSPS) is 11.3. The minimum atomic E-state index is -1.16. The number of non-ortho nitro benzene ring substituents is 1. The van der Waals surface area contributed by atoms with Crippen LogP contribution >= 0.6 is 11.8 Å². The van der Waals surface area contributed by atoms with Gasteiger partial charge in [0.1, 0.15) is 16.4 Å². The number of hydrogen-bond donors (Lipinski definition) is 2. The molecule has 0 fully saturated rings. The van der Waals surface area contributed by atoms with E-state index >= 15 is 0 Å². The number of H-pyrrole nitrogens is 1. The molecule has 0 radical (unpaired) electrons. The van der Waals surface area contributed by atoms with Crippen molar-refractivity contribution in [3.63, 3.8) is 0 Å². The number of aliphatic carboxylic acids is 1. The number of nitro benzene ring substituents is 1. The molecule has 0 aliphatic carbocycles. The number of ether oxygens (including phenoxy) is 2. The summed E-state index contributed by atoms with van der Waals surface area (Å²) in [5, 5.41) is 29.1. The van der Waals surface area contributed by atoms with Crippen LogP contribution in [-0.4, -0.2) is 50.0 Å². The van der Waals surface area contributed by atoms with Crippen LogP contribution in [0.2, 0.25) is 0 Å². The molecule has 0 amide bonds. The molecule has 0 bridgehead atoms. The maximum Gasteiger partial charge on any atom is 0.342 e. The van der Waals surface area contributed by atoms with Crippen LogP contribution in [0, 0.1) is 10.1 Å². The van der Waals surface area contributed by atoms with Crippen molar-refractivity contribution in [3.05, 3.63) is 130 Å². The van der Waals surface area contributed by atoms with Crippen molar-refractivity contribution in [1.82, 2.24) is 19.7 Å². The van der Waals surface area contributed by atoms with Gasteiger partial charge >= 0.3 is 5.97 Å². The second kappa shape index (κ2) is 13.5. The highest BCUT2D eigenvalue weighted by Gasteiger charge is 2.22. The van der Waals surface area contributed by atoms with Gasteiger partial charge in [0, 0.05) is 35.0 Å². The van der Waals surface area contributed by atoms with E-state index in [1.165, 1.54) is 12.1 Å². The first-order valence-corrected chi connectivity index (χ1v) is 15.1. The monoisotopic (exact) mass is 645 g/mol. The van der Waals surface area contributed by atoms with Gasteiger partial charge < -0.3 is 19.1 Å². The number of nitrogens with one attached hydrogen (secondary N) is 1. The highest BCUT2D eigenvalue weighted by atomic mass is 32.2. The molecule has 0 unspecified atom stereocenters. The number of carboxylic acid groups (broad SMARTS) is 1. The largest absolute Gasteiger partial charge is 0.497 e. The van der Waals surface area contributed by atoms with E-state index in [1.807, 2.05) is 71.3 Å². The third kappa shape index (κ3) is 6.63. The van der Waals surface area contributed by atoms with Crippen LogP contribution in [0.4, 0.5) is 5.69 Å². The quantitative estimate of drug-likeness (QED) is 0.0625. The Labute approximate surface area is 273 Å². The number of hydrogen-bond acceptors (Lipinski definition) is 8. The number of methoxy groups -OCH3 is 2. The Morgan fingerprint density at radius 3 is 2.06 bits per heavy atom. The Balaban J connectivity index is 1.49.